The Morgan fingerprint density at radius 2 is 2.32 bits per heavy atom. The van der Waals surface area contributed by atoms with Gasteiger partial charge in [0.15, 0.2) is 0 Å². The molecule has 0 saturated carbocycles. The zero-order chi connectivity index (χ0) is 13.8. The summed E-state index contributed by atoms with van der Waals surface area (Å²) in [4.78, 5) is 26.9. The summed E-state index contributed by atoms with van der Waals surface area (Å²) in [6.07, 6.45) is 2.89. The summed E-state index contributed by atoms with van der Waals surface area (Å²) in [5.74, 6) is -1.77. The molecule has 7 nitrogen and oxygen atoms in total. The molecular formula is C12H14N2O5. The van der Waals surface area contributed by atoms with Crippen LogP contribution in [0.4, 0.5) is 0 Å². The fraction of sp³-hybridized carbons (Fsp3) is 0.417. The molecule has 2 rings (SSSR count). The maximum atomic E-state index is 12.1. The summed E-state index contributed by atoms with van der Waals surface area (Å²) in [5.41, 5.74) is 0.313. The van der Waals surface area contributed by atoms with Gasteiger partial charge in [0.1, 0.15) is 11.7 Å². The molecule has 1 saturated heterocycles. The number of rotatable bonds is 4. The number of aromatic nitrogens is 1. The first-order valence-electron chi connectivity index (χ1n) is 5.73. The fourth-order valence-corrected chi connectivity index (χ4v) is 1.92. The van der Waals surface area contributed by atoms with Gasteiger partial charge in [0.25, 0.3) is 5.91 Å². The predicted molar refractivity (Wildman–Crippen MR) is 64.0 cm³/mol. The molecule has 19 heavy (non-hydrogen) atoms. The Balaban J connectivity index is 2.10. The van der Waals surface area contributed by atoms with E-state index < -0.39 is 23.8 Å². The van der Waals surface area contributed by atoms with Gasteiger partial charge in [0.2, 0.25) is 0 Å². The van der Waals surface area contributed by atoms with Gasteiger partial charge >= 0.3 is 5.97 Å². The van der Waals surface area contributed by atoms with Gasteiger partial charge in [-0.2, -0.15) is 0 Å². The second-order valence-corrected chi connectivity index (χ2v) is 4.14. The van der Waals surface area contributed by atoms with E-state index in [2.05, 4.69) is 10.3 Å². The summed E-state index contributed by atoms with van der Waals surface area (Å²) in [6.45, 7) is 0.296. The normalized spacial score (nSPS) is 21.9. The first kappa shape index (κ1) is 13.3. The Labute approximate surface area is 109 Å². The zero-order valence-corrected chi connectivity index (χ0v) is 10.3. The lowest BCUT2D eigenvalue weighted by Gasteiger charge is -2.16. The summed E-state index contributed by atoms with van der Waals surface area (Å²) in [7, 11) is 1.44. The van der Waals surface area contributed by atoms with Crippen molar-refractivity contribution in [3.8, 4) is 5.75 Å². The molecule has 2 atom stereocenters. The number of hydrogen-bond donors (Lipinski definition) is 2. The van der Waals surface area contributed by atoms with E-state index in [4.69, 9.17) is 14.6 Å². The van der Waals surface area contributed by atoms with Crippen molar-refractivity contribution in [3.63, 3.8) is 0 Å². The van der Waals surface area contributed by atoms with E-state index in [-0.39, 0.29) is 13.2 Å². The van der Waals surface area contributed by atoms with Crippen molar-refractivity contribution >= 4 is 11.9 Å². The van der Waals surface area contributed by atoms with Crippen LogP contribution in [-0.2, 0) is 9.53 Å². The van der Waals surface area contributed by atoms with E-state index in [1.807, 2.05) is 0 Å². The molecule has 1 aromatic rings. The van der Waals surface area contributed by atoms with E-state index in [0.717, 1.165) is 0 Å². The average molecular weight is 266 g/mol. The van der Waals surface area contributed by atoms with Crippen molar-refractivity contribution in [1.29, 1.82) is 0 Å². The van der Waals surface area contributed by atoms with Crippen molar-refractivity contribution < 1.29 is 24.2 Å². The van der Waals surface area contributed by atoms with Crippen molar-refractivity contribution in [2.24, 2.45) is 5.92 Å². The third-order valence-corrected chi connectivity index (χ3v) is 2.96. The number of carboxylic acid groups (broad SMARTS) is 1. The number of methoxy groups -OCH3 is 1. The molecule has 0 radical (unpaired) electrons. The molecule has 0 aliphatic carbocycles. The fourth-order valence-electron chi connectivity index (χ4n) is 1.92. The number of nitrogens with one attached hydrogen (secondary N) is 1. The highest BCUT2D eigenvalue weighted by Gasteiger charge is 2.35. The van der Waals surface area contributed by atoms with Crippen LogP contribution in [0, 0.1) is 5.92 Å². The lowest BCUT2D eigenvalue weighted by molar-refractivity contribution is -0.142. The van der Waals surface area contributed by atoms with Gasteiger partial charge in [-0.25, -0.2) is 0 Å². The van der Waals surface area contributed by atoms with Crippen LogP contribution in [0.15, 0.2) is 18.5 Å². The zero-order valence-electron chi connectivity index (χ0n) is 10.3. The first-order chi connectivity index (χ1) is 9.13. The Hall–Kier alpha value is -2.15. The molecule has 2 heterocycles. The number of hydrogen-bond acceptors (Lipinski definition) is 5. The third-order valence-electron chi connectivity index (χ3n) is 2.96. The second-order valence-electron chi connectivity index (χ2n) is 4.14. The molecular weight excluding hydrogens is 252 g/mol. The Morgan fingerprint density at radius 3 is 3.00 bits per heavy atom. The van der Waals surface area contributed by atoms with Crippen LogP contribution >= 0.6 is 0 Å². The van der Waals surface area contributed by atoms with Crippen molar-refractivity contribution in [2.45, 2.75) is 6.04 Å². The molecule has 2 N–H and O–H groups in total. The second kappa shape index (κ2) is 5.66. The standard InChI is InChI=1S/C12H14N2O5/c1-18-10-4-13-3-2-7(10)11(15)14-9-6-19-5-8(9)12(16)17/h2-4,8-9H,5-6H2,1H3,(H,14,15)(H,16,17). The van der Waals surface area contributed by atoms with Crippen molar-refractivity contribution in [2.75, 3.05) is 20.3 Å². The largest absolute Gasteiger partial charge is 0.494 e. The number of amides is 1. The molecule has 2 unspecified atom stereocenters. The quantitative estimate of drug-likeness (QED) is 0.791. The molecule has 7 heteroatoms. The number of pyridine rings is 1. The molecule has 0 bridgehead atoms. The van der Waals surface area contributed by atoms with Crippen molar-refractivity contribution in [3.05, 3.63) is 24.0 Å². The van der Waals surface area contributed by atoms with Gasteiger partial charge in [-0.1, -0.05) is 0 Å². The number of carbonyl (C=O) groups is 2. The Kier molecular flexibility index (Phi) is 3.96. The average Bonchev–Trinajstić information content (AvgIpc) is 2.87. The maximum absolute atomic E-state index is 12.1. The van der Waals surface area contributed by atoms with Crippen LogP contribution in [0.2, 0.25) is 0 Å². The summed E-state index contributed by atoms with van der Waals surface area (Å²) in [5, 5.41) is 11.7. The minimum atomic E-state index is -0.982. The Morgan fingerprint density at radius 1 is 1.53 bits per heavy atom. The highest BCUT2D eigenvalue weighted by Crippen LogP contribution is 2.18. The molecule has 1 amide bonds. The van der Waals surface area contributed by atoms with Gasteiger partial charge in [-0.05, 0) is 6.07 Å². The molecule has 102 valence electrons. The van der Waals surface area contributed by atoms with Gasteiger partial charge < -0.3 is 19.9 Å². The number of aliphatic carboxylic acids is 1. The highest BCUT2D eigenvalue weighted by atomic mass is 16.5. The Bertz CT molecular complexity index is 491. The van der Waals surface area contributed by atoms with Gasteiger partial charge in [0.05, 0.1) is 38.1 Å². The summed E-state index contributed by atoms with van der Waals surface area (Å²) < 4.78 is 10.1. The van der Waals surface area contributed by atoms with Crippen LogP contribution in [0.5, 0.6) is 5.75 Å². The van der Waals surface area contributed by atoms with Crippen LogP contribution < -0.4 is 10.1 Å². The van der Waals surface area contributed by atoms with E-state index >= 15 is 0 Å². The van der Waals surface area contributed by atoms with E-state index in [1.165, 1.54) is 25.6 Å². The summed E-state index contributed by atoms with van der Waals surface area (Å²) in [6, 6.07) is 0.975. The maximum Gasteiger partial charge on any atom is 0.311 e. The molecule has 0 aromatic carbocycles. The lowest BCUT2D eigenvalue weighted by Crippen LogP contribution is -2.42. The SMILES string of the molecule is COc1cnccc1C(=O)NC1COCC1C(=O)O. The predicted octanol–water partition coefficient (Wildman–Crippen LogP) is -0.0804. The first-order valence-corrected chi connectivity index (χ1v) is 5.73. The van der Waals surface area contributed by atoms with E-state index in [0.29, 0.717) is 11.3 Å². The van der Waals surface area contributed by atoms with E-state index in [1.54, 1.807) is 0 Å². The lowest BCUT2D eigenvalue weighted by atomic mass is 10.0. The molecule has 1 aromatic heterocycles. The molecule has 0 spiro atoms. The van der Waals surface area contributed by atoms with Gasteiger partial charge in [0, 0.05) is 6.20 Å². The minimum absolute atomic E-state index is 0.105. The minimum Gasteiger partial charge on any atom is -0.494 e. The number of carboxylic acids is 1. The molecule has 1 aliphatic heterocycles. The highest BCUT2D eigenvalue weighted by molar-refractivity contribution is 5.97. The van der Waals surface area contributed by atoms with Crippen LogP contribution in [-0.4, -0.2) is 48.3 Å². The monoisotopic (exact) mass is 266 g/mol. The summed E-state index contributed by atoms with van der Waals surface area (Å²) >= 11 is 0. The van der Waals surface area contributed by atoms with Gasteiger partial charge in [-0.15, -0.1) is 0 Å². The number of nitrogens with zero attached hydrogens (tertiary/aromatic N) is 1. The van der Waals surface area contributed by atoms with Crippen LogP contribution in [0.3, 0.4) is 0 Å². The number of carbonyl (C=O) groups excluding carboxylic acids is 1. The third kappa shape index (κ3) is 2.82. The van der Waals surface area contributed by atoms with Crippen molar-refractivity contribution in [1.82, 2.24) is 10.3 Å². The van der Waals surface area contributed by atoms with E-state index in [9.17, 15) is 9.59 Å². The molecule has 1 aliphatic rings. The smallest absolute Gasteiger partial charge is 0.311 e. The topological polar surface area (TPSA) is 97.8 Å². The molecule has 1 fully saturated rings. The van der Waals surface area contributed by atoms with Crippen LogP contribution in [0.1, 0.15) is 10.4 Å². The van der Waals surface area contributed by atoms with Gasteiger partial charge in [-0.3, -0.25) is 14.6 Å². The van der Waals surface area contributed by atoms with Crippen LogP contribution in [0.25, 0.3) is 0 Å². The number of ether oxygens (including phenoxy) is 2.